The van der Waals surface area contributed by atoms with Crippen LogP contribution in [-0.2, 0) is 9.59 Å². The molecule has 1 unspecified atom stereocenters. The second-order valence-corrected chi connectivity index (χ2v) is 9.00. The smallest absolute Gasteiger partial charge is 0.273 e. The van der Waals surface area contributed by atoms with E-state index in [1.165, 1.54) is 5.57 Å². The number of dihydropyridines is 1. The summed E-state index contributed by atoms with van der Waals surface area (Å²) in [5, 5.41) is 2.84. The molecule has 4 rings (SSSR count). The molecule has 0 saturated carbocycles. The number of hydrogen-bond acceptors (Lipinski definition) is 5. The first-order valence-corrected chi connectivity index (χ1v) is 10.5. The second kappa shape index (κ2) is 7.70. The van der Waals surface area contributed by atoms with Crippen molar-refractivity contribution in [1.82, 2.24) is 20.1 Å². The van der Waals surface area contributed by atoms with Crippen LogP contribution in [0.25, 0.3) is 5.57 Å². The number of aliphatic imine (C=N–C) groups is 1. The number of carbonyl (C=O) groups excluding carboxylic acids is 2. The number of rotatable bonds is 4. The molecule has 2 atom stereocenters. The summed E-state index contributed by atoms with van der Waals surface area (Å²) in [4.78, 5) is 38.5. The lowest BCUT2D eigenvalue weighted by Crippen LogP contribution is -2.64. The Kier molecular flexibility index (Phi) is 5.22. The fourth-order valence-corrected chi connectivity index (χ4v) is 4.36. The van der Waals surface area contributed by atoms with Crippen LogP contribution in [0.2, 0.25) is 0 Å². The lowest BCUT2D eigenvalue weighted by atomic mass is 9.91. The van der Waals surface area contributed by atoms with E-state index < -0.39 is 5.54 Å². The Hall–Kier alpha value is -2.96. The van der Waals surface area contributed by atoms with Gasteiger partial charge < -0.3 is 15.1 Å². The summed E-state index contributed by atoms with van der Waals surface area (Å²) in [6.45, 7) is 9.70. The number of hydrogen-bond donors (Lipinski definition) is 1. The molecule has 2 amide bonds. The van der Waals surface area contributed by atoms with E-state index in [0.717, 1.165) is 12.1 Å². The van der Waals surface area contributed by atoms with E-state index in [-0.39, 0.29) is 23.9 Å². The maximum atomic E-state index is 13.3. The third-order valence-electron chi connectivity index (χ3n) is 5.96. The Labute approximate surface area is 177 Å². The van der Waals surface area contributed by atoms with Crippen LogP contribution in [0.5, 0.6) is 0 Å². The maximum absolute atomic E-state index is 13.3. The molecule has 0 aliphatic carbocycles. The van der Waals surface area contributed by atoms with Gasteiger partial charge in [0.25, 0.3) is 5.91 Å². The van der Waals surface area contributed by atoms with E-state index in [4.69, 9.17) is 4.99 Å². The lowest BCUT2D eigenvalue weighted by Gasteiger charge is -2.41. The minimum absolute atomic E-state index is 0.0837. The molecule has 0 bridgehead atoms. The van der Waals surface area contributed by atoms with Crippen LogP contribution >= 0.6 is 0 Å². The summed E-state index contributed by atoms with van der Waals surface area (Å²) in [7, 11) is 0. The molecule has 0 aromatic carbocycles. The van der Waals surface area contributed by atoms with Crippen molar-refractivity contribution in [1.29, 1.82) is 0 Å². The van der Waals surface area contributed by atoms with Crippen molar-refractivity contribution in [2.45, 2.75) is 39.4 Å². The first-order chi connectivity index (χ1) is 14.3. The maximum Gasteiger partial charge on any atom is 0.273 e. The number of carbonyl (C=O) groups is 2. The minimum Gasteiger partial charge on any atom is -0.355 e. The van der Waals surface area contributed by atoms with E-state index in [0.29, 0.717) is 24.7 Å². The number of fused-ring (bicyclic) bond motifs is 1. The number of aromatic nitrogens is 1. The van der Waals surface area contributed by atoms with Crippen LogP contribution in [0.3, 0.4) is 0 Å². The summed E-state index contributed by atoms with van der Waals surface area (Å²) in [5.74, 6) is 0.222. The number of pyridine rings is 1. The topological polar surface area (TPSA) is 77.9 Å². The molecule has 1 fully saturated rings. The number of piperazine rings is 1. The standard InChI is InChI=1S/C23H29N5O2/c1-15(2)13-27-14-18(16-7-9-24-10-8-16)17-5-6-19(26-20(17)27)21(29)28-12-11-25-22(30)23(28,3)4/h5-10,14-15,17,20H,11-13H2,1-4H3,(H,25,30)/t17?,20-/m0/s1. The van der Waals surface area contributed by atoms with E-state index in [2.05, 4.69) is 41.3 Å². The summed E-state index contributed by atoms with van der Waals surface area (Å²) >= 11 is 0. The van der Waals surface area contributed by atoms with Gasteiger partial charge >= 0.3 is 0 Å². The van der Waals surface area contributed by atoms with Gasteiger partial charge in [-0.2, -0.15) is 0 Å². The van der Waals surface area contributed by atoms with Crippen molar-refractivity contribution in [3.05, 3.63) is 48.4 Å². The molecule has 158 valence electrons. The average molecular weight is 408 g/mol. The molecule has 7 nitrogen and oxygen atoms in total. The molecule has 0 spiro atoms. The molecular formula is C23H29N5O2. The Morgan fingerprint density at radius 3 is 2.73 bits per heavy atom. The third kappa shape index (κ3) is 3.53. The first kappa shape index (κ1) is 20.3. The fraction of sp³-hybridized carbons (Fsp3) is 0.478. The van der Waals surface area contributed by atoms with Gasteiger partial charge in [-0.05, 0) is 49.1 Å². The molecule has 4 heterocycles. The van der Waals surface area contributed by atoms with Gasteiger partial charge in [-0.1, -0.05) is 19.9 Å². The van der Waals surface area contributed by atoms with Crippen LogP contribution in [0, 0.1) is 11.8 Å². The first-order valence-electron chi connectivity index (χ1n) is 10.5. The van der Waals surface area contributed by atoms with Crippen LogP contribution in [0.15, 0.2) is 47.9 Å². The zero-order valence-corrected chi connectivity index (χ0v) is 18.0. The average Bonchev–Trinajstić information content (AvgIpc) is 3.07. The van der Waals surface area contributed by atoms with Gasteiger partial charge in [0.05, 0.1) is 0 Å². The molecule has 3 aliphatic heterocycles. The molecule has 1 saturated heterocycles. The predicted molar refractivity (Wildman–Crippen MR) is 116 cm³/mol. The molecule has 0 radical (unpaired) electrons. The van der Waals surface area contributed by atoms with Crippen molar-refractivity contribution in [3.8, 4) is 0 Å². The number of nitrogens with zero attached hydrogens (tertiary/aromatic N) is 4. The molecule has 1 aromatic rings. The highest BCUT2D eigenvalue weighted by Crippen LogP contribution is 2.39. The minimum atomic E-state index is -0.893. The normalized spacial score (nSPS) is 25.0. The molecular weight excluding hydrogens is 378 g/mol. The van der Waals surface area contributed by atoms with Crippen molar-refractivity contribution < 1.29 is 9.59 Å². The van der Waals surface area contributed by atoms with Crippen molar-refractivity contribution in [2.75, 3.05) is 19.6 Å². The molecule has 3 aliphatic rings. The molecule has 1 aromatic heterocycles. The van der Waals surface area contributed by atoms with E-state index in [1.807, 2.05) is 18.2 Å². The van der Waals surface area contributed by atoms with Gasteiger partial charge in [0.1, 0.15) is 17.4 Å². The van der Waals surface area contributed by atoms with E-state index >= 15 is 0 Å². The van der Waals surface area contributed by atoms with Gasteiger partial charge in [0.15, 0.2) is 0 Å². The van der Waals surface area contributed by atoms with E-state index in [1.54, 1.807) is 31.1 Å². The number of nitrogens with one attached hydrogen (secondary N) is 1. The van der Waals surface area contributed by atoms with Crippen molar-refractivity contribution in [2.24, 2.45) is 16.8 Å². The molecule has 1 N–H and O–H groups in total. The quantitative estimate of drug-likeness (QED) is 0.829. The highest BCUT2D eigenvalue weighted by molar-refractivity contribution is 6.44. The van der Waals surface area contributed by atoms with Gasteiger partial charge in [-0.3, -0.25) is 19.6 Å². The third-order valence-corrected chi connectivity index (χ3v) is 5.96. The monoisotopic (exact) mass is 407 g/mol. The highest BCUT2D eigenvalue weighted by Gasteiger charge is 2.43. The molecule has 30 heavy (non-hydrogen) atoms. The second-order valence-electron chi connectivity index (χ2n) is 9.00. The van der Waals surface area contributed by atoms with Gasteiger partial charge in [-0.15, -0.1) is 0 Å². The van der Waals surface area contributed by atoms with Gasteiger partial charge in [0, 0.05) is 44.1 Å². The summed E-state index contributed by atoms with van der Waals surface area (Å²) in [5.41, 5.74) is 1.83. The summed E-state index contributed by atoms with van der Waals surface area (Å²) < 4.78 is 0. The van der Waals surface area contributed by atoms with Crippen molar-refractivity contribution in [3.63, 3.8) is 0 Å². The van der Waals surface area contributed by atoms with Crippen LogP contribution in [-0.4, -0.2) is 63.6 Å². The van der Waals surface area contributed by atoms with Crippen LogP contribution in [0.1, 0.15) is 33.3 Å². The fourth-order valence-electron chi connectivity index (χ4n) is 4.36. The predicted octanol–water partition coefficient (Wildman–Crippen LogP) is 2.08. The van der Waals surface area contributed by atoms with Gasteiger partial charge in [-0.25, -0.2) is 0 Å². The van der Waals surface area contributed by atoms with Crippen LogP contribution in [0.4, 0.5) is 0 Å². The van der Waals surface area contributed by atoms with E-state index in [9.17, 15) is 9.59 Å². The van der Waals surface area contributed by atoms with Gasteiger partial charge in [0.2, 0.25) is 5.91 Å². The Morgan fingerprint density at radius 1 is 1.30 bits per heavy atom. The zero-order chi connectivity index (χ0) is 21.5. The molecule has 7 heteroatoms. The van der Waals surface area contributed by atoms with Crippen LogP contribution < -0.4 is 5.32 Å². The summed E-state index contributed by atoms with van der Waals surface area (Å²) in [6.07, 6.45) is 9.51. The SMILES string of the molecule is CC(C)CN1C=C(c2ccncc2)C2C=CC(C(=O)N3CCNC(=O)C3(C)C)=N[C@H]21. The summed E-state index contributed by atoms with van der Waals surface area (Å²) in [6, 6.07) is 4.02. The largest absolute Gasteiger partial charge is 0.355 e. The van der Waals surface area contributed by atoms with Crippen molar-refractivity contribution >= 4 is 23.1 Å². The Bertz CT molecular complexity index is 932. The lowest BCUT2D eigenvalue weighted by molar-refractivity contribution is -0.144. The Balaban J connectivity index is 1.63. The Morgan fingerprint density at radius 2 is 2.03 bits per heavy atom. The highest BCUT2D eigenvalue weighted by atomic mass is 16.2. The zero-order valence-electron chi connectivity index (χ0n) is 18.0. The number of amides is 2.